The van der Waals surface area contributed by atoms with Gasteiger partial charge < -0.3 is 9.84 Å². The zero-order valence-electron chi connectivity index (χ0n) is 13.7. The summed E-state index contributed by atoms with van der Waals surface area (Å²) in [6, 6.07) is 13.7. The first kappa shape index (κ1) is 16.4. The van der Waals surface area contributed by atoms with Crippen molar-refractivity contribution in [3.05, 3.63) is 64.2 Å². The Kier molecular flexibility index (Phi) is 4.40. The van der Waals surface area contributed by atoms with Gasteiger partial charge in [0.25, 0.3) is 0 Å². The molecule has 1 saturated carbocycles. The van der Waals surface area contributed by atoms with Crippen LogP contribution in [-0.2, 0) is 0 Å². The highest BCUT2D eigenvalue weighted by Crippen LogP contribution is 2.38. The lowest BCUT2D eigenvalue weighted by atomic mass is 10.0. The number of hydrogen-bond acceptors (Lipinski definition) is 4. The molecule has 4 rings (SSSR count). The van der Waals surface area contributed by atoms with E-state index in [0.29, 0.717) is 21.9 Å². The number of anilines is 1. The zero-order valence-corrected chi connectivity index (χ0v) is 15.2. The molecular weight excluding hydrogens is 357 g/mol. The summed E-state index contributed by atoms with van der Waals surface area (Å²) in [5.41, 5.74) is 3.04. The van der Waals surface area contributed by atoms with Gasteiger partial charge in [0.1, 0.15) is 6.04 Å². The molecule has 0 spiro atoms. The number of rotatable bonds is 5. The van der Waals surface area contributed by atoms with Crippen LogP contribution >= 0.6 is 23.2 Å². The van der Waals surface area contributed by atoms with Crippen LogP contribution in [-0.4, -0.2) is 10.1 Å². The highest BCUT2D eigenvalue weighted by Gasteiger charge is 2.29. The van der Waals surface area contributed by atoms with Crippen molar-refractivity contribution in [2.24, 2.45) is 0 Å². The van der Waals surface area contributed by atoms with Crippen molar-refractivity contribution in [1.29, 1.82) is 0 Å². The van der Waals surface area contributed by atoms with Crippen molar-refractivity contribution >= 4 is 28.9 Å². The van der Waals surface area contributed by atoms with E-state index in [4.69, 9.17) is 27.7 Å². The Morgan fingerprint density at radius 1 is 1.08 bits per heavy atom. The summed E-state index contributed by atoms with van der Waals surface area (Å²) >= 11 is 12.1. The summed E-state index contributed by atoms with van der Waals surface area (Å²) in [6.07, 6.45) is 2.32. The molecule has 6 heteroatoms. The third-order valence-corrected chi connectivity index (χ3v) is 5.01. The third-order valence-electron chi connectivity index (χ3n) is 4.27. The molecule has 0 unspecified atom stereocenters. The predicted molar refractivity (Wildman–Crippen MR) is 100 cm³/mol. The molecule has 0 saturated heterocycles. The largest absolute Gasteiger partial charge is 0.374 e. The standard InChI is InChI=1S/C19H17Cl2N3O/c1-11(19-23-18(24-25-19)12-5-6-12)22-15-4-2-3-13(9-15)14-7-8-16(20)17(21)10-14/h2-4,7-12,22H,5-6H2,1H3/t11-/m0/s1. The lowest BCUT2D eigenvalue weighted by Crippen LogP contribution is -2.07. The number of nitrogens with zero attached hydrogens (tertiary/aromatic N) is 2. The number of halogens is 2. The molecular formula is C19H17Cl2N3O. The maximum Gasteiger partial charge on any atom is 0.248 e. The van der Waals surface area contributed by atoms with Gasteiger partial charge in [0, 0.05) is 11.6 Å². The molecule has 2 aromatic carbocycles. The van der Waals surface area contributed by atoms with Gasteiger partial charge in [-0.05, 0) is 55.2 Å². The molecule has 128 valence electrons. The molecule has 4 nitrogen and oxygen atoms in total. The van der Waals surface area contributed by atoms with Gasteiger partial charge in [-0.25, -0.2) is 0 Å². The predicted octanol–water partition coefficient (Wildman–Crippen LogP) is 6.09. The molecule has 3 aromatic rings. The first-order chi connectivity index (χ1) is 12.1. The average molecular weight is 374 g/mol. The topological polar surface area (TPSA) is 51.0 Å². The van der Waals surface area contributed by atoms with E-state index in [9.17, 15) is 0 Å². The number of hydrogen-bond donors (Lipinski definition) is 1. The van der Waals surface area contributed by atoms with Crippen LogP contribution in [0.3, 0.4) is 0 Å². The summed E-state index contributed by atoms with van der Waals surface area (Å²) in [6.45, 7) is 2.01. The van der Waals surface area contributed by atoms with E-state index in [0.717, 1.165) is 35.5 Å². The van der Waals surface area contributed by atoms with Crippen molar-refractivity contribution < 1.29 is 4.52 Å². The molecule has 1 fully saturated rings. The molecule has 0 radical (unpaired) electrons. The molecule has 0 aliphatic heterocycles. The highest BCUT2D eigenvalue weighted by atomic mass is 35.5. The molecule has 1 N–H and O–H groups in total. The maximum absolute atomic E-state index is 6.13. The molecule has 0 bridgehead atoms. The Hall–Kier alpha value is -2.04. The van der Waals surface area contributed by atoms with Crippen LogP contribution in [0.15, 0.2) is 47.0 Å². The Morgan fingerprint density at radius 3 is 2.64 bits per heavy atom. The van der Waals surface area contributed by atoms with Crippen molar-refractivity contribution in [3.63, 3.8) is 0 Å². The van der Waals surface area contributed by atoms with Crippen LogP contribution in [0.25, 0.3) is 11.1 Å². The molecule has 1 heterocycles. The fraction of sp³-hybridized carbons (Fsp3) is 0.263. The highest BCUT2D eigenvalue weighted by molar-refractivity contribution is 6.42. The molecule has 1 atom stereocenters. The smallest absolute Gasteiger partial charge is 0.248 e. The zero-order chi connectivity index (χ0) is 17.4. The van der Waals surface area contributed by atoms with Crippen LogP contribution in [0, 0.1) is 0 Å². The van der Waals surface area contributed by atoms with E-state index >= 15 is 0 Å². The van der Waals surface area contributed by atoms with Crippen LogP contribution in [0.2, 0.25) is 10.0 Å². The van der Waals surface area contributed by atoms with Gasteiger partial charge in [-0.2, -0.15) is 4.98 Å². The van der Waals surface area contributed by atoms with Crippen molar-refractivity contribution in [2.75, 3.05) is 5.32 Å². The van der Waals surface area contributed by atoms with Gasteiger partial charge in [0.2, 0.25) is 5.89 Å². The first-order valence-electron chi connectivity index (χ1n) is 8.25. The molecule has 1 aliphatic rings. The van der Waals surface area contributed by atoms with Gasteiger partial charge in [-0.1, -0.05) is 46.6 Å². The summed E-state index contributed by atoms with van der Waals surface area (Å²) in [5.74, 6) is 1.93. The first-order valence-corrected chi connectivity index (χ1v) is 9.01. The van der Waals surface area contributed by atoms with E-state index in [1.807, 2.05) is 37.3 Å². The quantitative estimate of drug-likeness (QED) is 0.587. The van der Waals surface area contributed by atoms with E-state index in [2.05, 4.69) is 21.5 Å². The van der Waals surface area contributed by atoms with Crippen LogP contribution in [0.5, 0.6) is 0 Å². The monoisotopic (exact) mass is 373 g/mol. The normalized spacial score (nSPS) is 15.2. The van der Waals surface area contributed by atoms with E-state index < -0.39 is 0 Å². The number of nitrogens with one attached hydrogen (secondary N) is 1. The number of benzene rings is 2. The van der Waals surface area contributed by atoms with Gasteiger partial charge in [0.05, 0.1) is 10.0 Å². The van der Waals surface area contributed by atoms with Crippen LogP contribution in [0.1, 0.15) is 43.4 Å². The second kappa shape index (κ2) is 6.70. The third kappa shape index (κ3) is 3.65. The van der Waals surface area contributed by atoms with Gasteiger partial charge >= 0.3 is 0 Å². The molecule has 1 aromatic heterocycles. The lowest BCUT2D eigenvalue weighted by Gasteiger charge is -2.12. The van der Waals surface area contributed by atoms with Crippen molar-refractivity contribution in [3.8, 4) is 11.1 Å². The summed E-state index contributed by atoms with van der Waals surface area (Å²) in [4.78, 5) is 4.50. The Bertz CT molecular complexity index is 905. The Labute approximate surface area is 156 Å². The van der Waals surface area contributed by atoms with Crippen molar-refractivity contribution in [1.82, 2.24) is 10.1 Å². The SMILES string of the molecule is C[C@H](Nc1cccc(-c2ccc(Cl)c(Cl)c2)c1)c1nc(C2CC2)no1. The average Bonchev–Trinajstić information content (AvgIpc) is 3.34. The van der Waals surface area contributed by atoms with E-state index in [1.165, 1.54) is 0 Å². The minimum atomic E-state index is -0.0657. The molecule has 1 aliphatic carbocycles. The van der Waals surface area contributed by atoms with E-state index in [1.54, 1.807) is 6.07 Å². The van der Waals surface area contributed by atoms with Gasteiger partial charge in [0.15, 0.2) is 5.82 Å². The second-order valence-corrected chi connectivity index (χ2v) is 7.16. The molecule has 25 heavy (non-hydrogen) atoms. The number of aromatic nitrogens is 2. The van der Waals surface area contributed by atoms with Crippen LogP contribution < -0.4 is 5.32 Å². The lowest BCUT2D eigenvalue weighted by molar-refractivity contribution is 0.363. The van der Waals surface area contributed by atoms with Gasteiger partial charge in [-0.15, -0.1) is 0 Å². The Balaban J connectivity index is 1.53. The summed E-state index contributed by atoms with van der Waals surface area (Å²) < 4.78 is 5.39. The van der Waals surface area contributed by atoms with Crippen molar-refractivity contribution in [2.45, 2.75) is 31.7 Å². The molecule has 0 amide bonds. The minimum Gasteiger partial charge on any atom is -0.374 e. The summed E-state index contributed by atoms with van der Waals surface area (Å²) in [7, 11) is 0. The van der Waals surface area contributed by atoms with Crippen LogP contribution in [0.4, 0.5) is 5.69 Å². The fourth-order valence-corrected chi connectivity index (χ4v) is 3.00. The fourth-order valence-electron chi connectivity index (χ4n) is 2.71. The maximum atomic E-state index is 6.13. The summed E-state index contributed by atoms with van der Waals surface area (Å²) in [5, 5.41) is 8.58. The minimum absolute atomic E-state index is 0.0657. The van der Waals surface area contributed by atoms with E-state index in [-0.39, 0.29) is 6.04 Å². The van der Waals surface area contributed by atoms with Gasteiger partial charge in [-0.3, -0.25) is 0 Å². The Morgan fingerprint density at radius 2 is 1.88 bits per heavy atom. The second-order valence-electron chi connectivity index (χ2n) is 6.34.